The largest absolute Gasteiger partial charge is 0.495 e. The molecule has 0 N–H and O–H groups in total. The number of halogens is 1. The van der Waals surface area contributed by atoms with Gasteiger partial charge in [-0.15, -0.1) is 0 Å². The molecule has 1 aliphatic rings. The summed E-state index contributed by atoms with van der Waals surface area (Å²) >= 11 is 11.3. The van der Waals surface area contributed by atoms with Gasteiger partial charge in [0.1, 0.15) is 5.75 Å². The summed E-state index contributed by atoms with van der Waals surface area (Å²) in [6.45, 7) is 2.95. The number of likely N-dealkylation sites (N-methyl/N-ethyl adjacent to an activating group) is 1. The number of hydrogen-bond acceptors (Lipinski definition) is 3. The van der Waals surface area contributed by atoms with Gasteiger partial charge in [-0.3, -0.25) is 9.69 Å². The molecule has 1 aromatic rings. The van der Waals surface area contributed by atoms with Gasteiger partial charge in [0, 0.05) is 11.6 Å². The highest BCUT2D eigenvalue weighted by atomic mass is 35.5. The zero-order chi connectivity index (χ0) is 13.3. The predicted molar refractivity (Wildman–Crippen MR) is 75.3 cm³/mol. The lowest BCUT2D eigenvalue weighted by Gasteiger charge is -2.21. The van der Waals surface area contributed by atoms with Crippen molar-refractivity contribution in [2.75, 3.05) is 25.1 Å². The number of rotatable bonds is 3. The van der Waals surface area contributed by atoms with Crippen LogP contribution in [0.4, 0.5) is 5.69 Å². The second kappa shape index (κ2) is 5.12. The fourth-order valence-electron chi connectivity index (χ4n) is 1.87. The zero-order valence-corrected chi connectivity index (χ0v) is 11.7. The van der Waals surface area contributed by atoms with Gasteiger partial charge in [-0.2, -0.15) is 0 Å². The van der Waals surface area contributed by atoms with Gasteiger partial charge in [0.15, 0.2) is 5.11 Å². The van der Waals surface area contributed by atoms with E-state index >= 15 is 0 Å². The average molecular weight is 285 g/mol. The Balaban J connectivity index is 2.45. The van der Waals surface area contributed by atoms with Crippen LogP contribution in [-0.4, -0.2) is 36.1 Å². The van der Waals surface area contributed by atoms with Crippen LogP contribution in [0.15, 0.2) is 18.2 Å². The van der Waals surface area contributed by atoms with Gasteiger partial charge in [-0.1, -0.05) is 11.6 Å². The van der Waals surface area contributed by atoms with E-state index in [1.807, 2.05) is 11.8 Å². The normalized spacial score (nSPS) is 15.5. The van der Waals surface area contributed by atoms with Gasteiger partial charge in [0.05, 0.1) is 19.3 Å². The van der Waals surface area contributed by atoms with Gasteiger partial charge < -0.3 is 9.64 Å². The molecule has 0 atom stereocenters. The minimum absolute atomic E-state index is 0.0672. The number of hydrogen-bond donors (Lipinski definition) is 0. The molecule has 0 radical (unpaired) electrons. The highest BCUT2D eigenvalue weighted by molar-refractivity contribution is 7.80. The standard InChI is InChI=1S/C12H13ClN2O2S/c1-3-14-7-11(16)15(12(14)18)9-6-8(13)4-5-10(9)17-2/h4-6H,3,7H2,1-2H3. The third kappa shape index (κ3) is 2.15. The SMILES string of the molecule is CCN1CC(=O)N(c2cc(Cl)ccc2OC)C1=S. The predicted octanol–water partition coefficient (Wildman–Crippen LogP) is 2.30. The van der Waals surface area contributed by atoms with Crippen molar-refractivity contribution in [3.05, 3.63) is 23.2 Å². The smallest absolute Gasteiger partial charge is 0.253 e. The molecule has 1 amide bonds. The molecule has 2 rings (SSSR count). The first-order valence-corrected chi connectivity index (χ1v) is 6.32. The summed E-state index contributed by atoms with van der Waals surface area (Å²) in [5.74, 6) is 0.510. The first-order chi connectivity index (χ1) is 8.58. The van der Waals surface area contributed by atoms with Crippen LogP contribution in [0, 0.1) is 0 Å². The van der Waals surface area contributed by atoms with Crippen LogP contribution >= 0.6 is 23.8 Å². The zero-order valence-electron chi connectivity index (χ0n) is 10.1. The lowest BCUT2D eigenvalue weighted by Crippen LogP contribution is -2.32. The summed E-state index contributed by atoms with van der Waals surface area (Å²) < 4.78 is 5.25. The Morgan fingerprint density at radius 1 is 1.50 bits per heavy atom. The molecule has 18 heavy (non-hydrogen) atoms. The molecule has 1 fully saturated rings. The van der Waals surface area contributed by atoms with Crippen LogP contribution in [0.1, 0.15) is 6.92 Å². The number of amides is 1. The highest BCUT2D eigenvalue weighted by Gasteiger charge is 2.34. The summed E-state index contributed by atoms with van der Waals surface area (Å²) in [6, 6.07) is 5.12. The van der Waals surface area contributed by atoms with Crippen molar-refractivity contribution in [2.24, 2.45) is 0 Å². The molecule has 6 heteroatoms. The van der Waals surface area contributed by atoms with Crippen molar-refractivity contribution in [3.63, 3.8) is 0 Å². The lowest BCUT2D eigenvalue weighted by molar-refractivity contribution is -0.116. The molecule has 96 valence electrons. The third-order valence-electron chi connectivity index (χ3n) is 2.80. The van der Waals surface area contributed by atoms with Gasteiger partial charge in [0.25, 0.3) is 5.91 Å². The molecule has 0 unspecified atom stereocenters. The first kappa shape index (κ1) is 13.1. The van der Waals surface area contributed by atoms with Gasteiger partial charge >= 0.3 is 0 Å². The second-order valence-corrected chi connectivity index (χ2v) is 4.64. The van der Waals surface area contributed by atoms with Crippen molar-refractivity contribution in [1.82, 2.24) is 4.90 Å². The number of thiocarbonyl (C=S) groups is 1. The quantitative estimate of drug-likeness (QED) is 0.798. The number of carbonyl (C=O) groups excluding carboxylic acids is 1. The Morgan fingerprint density at radius 2 is 2.22 bits per heavy atom. The lowest BCUT2D eigenvalue weighted by atomic mass is 10.2. The van der Waals surface area contributed by atoms with Crippen molar-refractivity contribution in [3.8, 4) is 5.75 Å². The molecule has 1 aliphatic heterocycles. The van der Waals surface area contributed by atoms with Crippen LogP contribution in [0.2, 0.25) is 5.02 Å². The van der Waals surface area contributed by atoms with Crippen LogP contribution < -0.4 is 9.64 Å². The molecule has 0 aromatic heterocycles. The van der Waals surface area contributed by atoms with Crippen LogP contribution in [-0.2, 0) is 4.79 Å². The fraction of sp³-hybridized carbons (Fsp3) is 0.333. The number of ether oxygens (including phenoxy) is 1. The topological polar surface area (TPSA) is 32.8 Å². The van der Waals surface area contributed by atoms with Gasteiger partial charge in [-0.25, -0.2) is 0 Å². The van der Waals surface area contributed by atoms with E-state index in [-0.39, 0.29) is 5.91 Å². The minimum atomic E-state index is -0.0672. The molecule has 1 heterocycles. The van der Waals surface area contributed by atoms with Gasteiger partial charge in [0.2, 0.25) is 0 Å². The number of benzene rings is 1. The first-order valence-electron chi connectivity index (χ1n) is 5.54. The number of methoxy groups -OCH3 is 1. The van der Waals surface area contributed by atoms with E-state index in [1.165, 1.54) is 4.90 Å². The maximum Gasteiger partial charge on any atom is 0.253 e. The molecule has 0 bridgehead atoms. The summed E-state index contributed by atoms with van der Waals surface area (Å²) in [4.78, 5) is 15.3. The molecule has 4 nitrogen and oxygen atoms in total. The maximum absolute atomic E-state index is 12.0. The Bertz CT molecular complexity index is 507. The van der Waals surface area contributed by atoms with Crippen LogP contribution in [0.5, 0.6) is 5.75 Å². The summed E-state index contributed by atoms with van der Waals surface area (Å²) in [6.07, 6.45) is 0. The molecule has 0 saturated carbocycles. The summed E-state index contributed by atoms with van der Waals surface area (Å²) in [7, 11) is 1.55. The summed E-state index contributed by atoms with van der Waals surface area (Å²) in [5.41, 5.74) is 0.593. The van der Waals surface area contributed by atoms with Gasteiger partial charge in [-0.05, 0) is 37.3 Å². The molecule has 0 spiro atoms. The number of nitrogens with zero attached hydrogens (tertiary/aromatic N) is 2. The molecule has 1 aromatic carbocycles. The van der Waals surface area contributed by atoms with E-state index in [1.54, 1.807) is 25.3 Å². The van der Waals surface area contributed by atoms with Crippen molar-refractivity contribution in [2.45, 2.75) is 6.92 Å². The van der Waals surface area contributed by atoms with E-state index in [0.717, 1.165) is 0 Å². The maximum atomic E-state index is 12.0. The second-order valence-electron chi connectivity index (χ2n) is 3.84. The number of carbonyl (C=O) groups is 1. The third-order valence-corrected chi connectivity index (χ3v) is 3.48. The average Bonchev–Trinajstić information content (AvgIpc) is 2.64. The van der Waals surface area contributed by atoms with Crippen molar-refractivity contribution < 1.29 is 9.53 Å². The van der Waals surface area contributed by atoms with Crippen molar-refractivity contribution >= 4 is 40.5 Å². The Morgan fingerprint density at radius 3 is 2.78 bits per heavy atom. The van der Waals surface area contributed by atoms with E-state index < -0.39 is 0 Å². The molecule has 0 aliphatic carbocycles. The molecular weight excluding hydrogens is 272 g/mol. The number of anilines is 1. The van der Waals surface area contributed by atoms with Crippen molar-refractivity contribution in [1.29, 1.82) is 0 Å². The Hall–Kier alpha value is -1.33. The minimum Gasteiger partial charge on any atom is -0.495 e. The van der Waals surface area contributed by atoms with E-state index in [4.69, 9.17) is 28.6 Å². The monoisotopic (exact) mass is 284 g/mol. The van der Waals surface area contributed by atoms with Crippen LogP contribution in [0.25, 0.3) is 0 Å². The van der Waals surface area contributed by atoms with E-state index in [2.05, 4.69) is 0 Å². The van der Waals surface area contributed by atoms with E-state index in [0.29, 0.717) is 34.7 Å². The van der Waals surface area contributed by atoms with Crippen LogP contribution in [0.3, 0.4) is 0 Å². The Labute approximate surface area is 116 Å². The molecule has 1 saturated heterocycles. The Kier molecular flexibility index (Phi) is 3.73. The summed E-state index contributed by atoms with van der Waals surface area (Å²) in [5, 5.41) is 1.03. The van der Waals surface area contributed by atoms with E-state index in [9.17, 15) is 4.79 Å². The highest BCUT2D eigenvalue weighted by Crippen LogP contribution is 2.33. The molecular formula is C12H13ClN2O2S. The fourth-order valence-corrected chi connectivity index (χ4v) is 2.43.